The van der Waals surface area contributed by atoms with Crippen LogP contribution in [0.4, 0.5) is 0 Å². The second kappa shape index (κ2) is 5.63. The molecule has 0 amide bonds. The summed E-state index contributed by atoms with van der Waals surface area (Å²) in [6, 6.07) is 1.80. The number of aromatic amines is 1. The Bertz CT molecular complexity index is 457. The van der Waals surface area contributed by atoms with Gasteiger partial charge in [-0.15, -0.1) is 0 Å². The molecule has 5 heteroatoms. The van der Waals surface area contributed by atoms with Crippen LogP contribution in [-0.2, 0) is 6.42 Å². The third kappa shape index (κ3) is 2.97. The molecular weight excluding hydrogens is 228 g/mol. The molecule has 18 heavy (non-hydrogen) atoms. The number of aromatic nitrogens is 2. The van der Waals surface area contributed by atoms with E-state index in [9.17, 15) is 4.79 Å². The number of nitrogens with one attached hydrogen (secondary N) is 1. The van der Waals surface area contributed by atoms with Crippen LogP contribution >= 0.6 is 0 Å². The largest absolute Gasteiger partial charge is 0.309 e. The van der Waals surface area contributed by atoms with Crippen molar-refractivity contribution in [2.75, 3.05) is 33.7 Å². The Morgan fingerprint density at radius 1 is 1.44 bits per heavy atom. The predicted molar refractivity (Wildman–Crippen MR) is 71.7 cm³/mol. The lowest BCUT2D eigenvalue weighted by Gasteiger charge is -2.36. The van der Waals surface area contributed by atoms with Gasteiger partial charge in [-0.05, 0) is 20.5 Å². The van der Waals surface area contributed by atoms with Crippen molar-refractivity contribution in [3.05, 3.63) is 27.9 Å². The molecule has 0 bridgehead atoms. The maximum atomic E-state index is 11.7. The molecule has 0 saturated carbocycles. The molecule has 0 radical (unpaired) electrons. The molecule has 0 aromatic carbocycles. The molecular formula is C13H22N4O. The Labute approximate surface area is 108 Å². The van der Waals surface area contributed by atoms with Crippen molar-refractivity contribution >= 4 is 0 Å². The van der Waals surface area contributed by atoms with Gasteiger partial charge in [-0.3, -0.25) is 9.69 Å². The molecule has 100 valence electrons. The van der Waals surface area contributed by atoms with E-state index in [4.69, 9.17) is 0 Å². The summed E-state index contributed by atoms with van der Waals surface area (Å²) >= 11 is 0. The van der Waals surface area contributed by atoms with Crippen LogP contribution < -0.4 is 5.56 Å². The Balaban J connectivity index is 2.28. The zero-order valence-electron chi connectivity index (χ0n) is 11.4. The fraction of sp³-hybridized carbons (Fsp3) is 0.692. The summed E-state index contributed by atoms with van der Waals surface area (Å²) in [6.07, 6.45) is 1.87. The number of nitrogens with zero attached hydrogens (tertiary/aromatic N) is 3. The van der Waals surface area contributed by atoms with Crippen LogP contribution in [0.5, 0.6) is 0 Å². The third-order valence-electron chi connectivity index (χ3n) is 3.49. The summed E-state index contributed by atoms with van der Waals surface area (Å²) in [5, 5.41) is 0. The summed E-state index contributed by atoms with van der Waals surface area (Å²) in [5.74, 6) is 0.806. The van der Waals surface area contributed by atoms with E-state index >= 15 is 0 Å². The van der Waals surface area contributed by atoms with Gasteiger partial charge in [-0.2, -0.15) is 0 Å². The summed E-state index contributed by atoms with van der Waals surface area (Å²) in [6.45, 7) is 5.08. The topological polar surface area (TPSA) is 52.2 Å². The minimum absolute atomic E-state index is 0.0370. The SMILES string of the molecule is CCCc1cc(=O)[nH]c(C2CN(C)CCN2C)n1. The first-order chi connectivity index (χ1) is 8.60. The van der Waals surface area contributed by atoms with Gasteiger partial charge in [0, 0.05) is 31.4 Å². The van der Waals surface area contributed by atoms with Gasteiger partial charge >= 0.3 is 0 Å². The number of piperazine rings is 1. The molecule has 0 spiro atoms. The summed E-state index contributed by atoms with van der Waals surface area (Å²) in [4.78, 5) is 23.7. The van der Waals surface area contributed by atoms with E-state index in [1.165, 1.54) is 0 Å². The molecule has 2 rings (SSSR count). The second-order valence-corrected chi connectivity index (χ2v) is 5.13. The Hall–Kier alpha value is -1.20. The zero-order valence-corrected chi connectivity index (χ0v) is 11.4. The van der Waals surface area contributed by atoms with Gasteiger partial charge in [-0.25, -0.2) is 4.98 Å². The molecule has 1 unspecified atom stereocenters. The van der Waals surface area contributed by atoms with E-state index in [-0.39, 0.29) is 11.6 Å². The maximum Gasteiger partial charge on any atom is 0.251 e. The van der Waals surface area contributed by atoms with E-state index in [1.54, 1.807) is 6.07 Å². The lowest BCUT2D eigenvalue weighted by Crippen LogP contribution is -2.45. The normalized spacial score (nSPS) is 22.3. The number of aryl methyl sites for hydroxylation is 1. The predicted octanol–water partition coefficient (Wildman–Crippen LogP) is 0.641. The molecule has 1 aromatic heterocycles. The van der Waals surface area contributed by atoms with Crippen LogP contribution in [0.15, 0.2) is 10.9 Å². The minimum Gasteiger partial charge on any atom is -0.309 e. The second-order valence-electron chi connectivity index (χ2n) is 5.13. The van der Waals surface area contributed by atoms with E-state index in [1.807, 2.05) is 0 Å². The Morgan fingerprint density at radius 2 is 2.22 bits per heavy atom. The first kappa shape index (κ1) is 13.2. The highest BCUT2D eigenvalue weighted by molar-refractivity contribution is 5.07. The standard InChI is InChI=1S/C13H22N4O/c1-4-5-10-8-12(18)15-13(14-10)11-9-16(2)6-7-17(11)3/h8,11H,4-7,9H2,1-3H3,(H,14,15,18). The Kier molecular flexibility index (Phi) is 4.14. The highest BCUT2D eigenvalue weighted by atomic mass is 16.1. The van der Waals surface area contributed by atoms with Crippen molar-refractivity contribution in [2.45, 2.75) is 25.8 Å². The van der Waals surface area contributed by atoms with Gasteiger partial charge in [0.2, 0.25) is 0 Å². The van der Waals surface area contributed by atoms with Gasteiger partial charge in [0.25, 0.3) is 5.56 Å². The van der Waals surface area contributed by atoms with Crippen molar-refractivity contribution in [3.8, 4) is 0 Å². The van der Waals surface area contributed by atoms with Crippen molar-refractivity contribution in [3.63, 3.8) is 0 Å². The molecule has 2 heterocycles. The van der Waals surface area contributed by atoms with Gasteiger partial charge in [0.05, 0.1) is 6.04 Å². The third-order valence-corrected chi connectivity index (χ3v) is 3.49. The maximum absolute atomic E-state index is 11.7. The number of hydrogen-bond acceptors (Lipinski definition) is 4. The van der Waals surface area contributed by atoms with Crippen LogP contribution in [0.1, 0.15) is 30.9 Å². The van der Waals surface area contributed by atoms with Crippen LogP contribution in [0, 0.1) is 0 Å². The number of H-pyrrole nitrogens is 1. The van der Waals surface area contributed by atoms with E-state index < -0.39 is 0 Å². The van der Waals surface area contributed by atoms with Crippen molar-refractivity contribution < 1.29 is 0 Å². The number of rotatable bonds is 3. The minimum atomic E-state index is -0.0370. The summed E-state index contributed by atoms with van der Waals surface area (Å²) in [5.41, 5.74) is 0.864. The van der Waals surface area contributed by atoms with Gasteiger partial charge < -0.3 is 9.88 Å². The van der Waals surface area contributed by atoms with Gasteiger partial charge in [0.15, 0.2) is 0 Å². The summed E-state index contributed by atoms with van der Waals surface area (Å²) < 4.78 is 0. The molecule has 1 aliphatic heterocycles. The van der Waals surface area contributed by atoms with Crippen LogP contribution in [0.3, 0.4) is 0 Å². The van der Waals surface area contributed by atoms with Crippen LogP contribution in [0.2, 0.25) is 0 Å². The number of likely N-dealkylation sites (N-methyl/N-ethyl adjacent to an activating group) is 2. The molecule has 0 aliphatic carbocycles. The average Bonchev–Trinajstić information content (AvgIpc) is 2.32. The van der Waals surface area contributed by atoms with Gasteiger partial charge in [0.1, 0.15) is 5.82 Å². The smallest absolute Gasteiger partial charge is 0.251 e. The quantitative estimate of drug-likeness (QED) is 0.855. The highest BCUT2D eigenvalue weighted by Gasteiger charge is 2.25. The first-order valence-electron chi connectivity index (χ1n) is 6.59. The lowest BCUT2D eigenvalue weighted by molar-refractivity contribution is 0.109. The first-order valence-corrected chi connectivity index (χ1v) is 6.59. The van der Waals surface area contributed by atoms with Gasteiger partial charge in [-0.1, -0.05) is 13.3 Å². The molecule has 5 nitrogen and oxygen atoms in total. The molecule has 1 fully saturated rings. The van der Waals surface area contributed by atoms with Crippen molar-refractivity contribution in [2.24, 2.45) is 0 Å². The summed E-state index contributed by atoms with van der Waals surface area (Å²) in [7, 11) is 4.19. The molecule has 1 N–H and O–H groups in total. The van der Waals surface area contributed by atoms with E-state index in [0.29, 0.717) is 0 Å². The molecule has 1 atom stereocenters. The van der Waals surface area contributed by atoms with E-state index in [2.05, 4.69) is 40.8 Å². The van der Waals surface area contributed by atoms with Crippen molar-refractivity contribution in [1.82, 2.24) is 19.8 Å². The monoisotopic (exact) mass is 250 g/mol. The fourth-order valence-electron chi connectivity index (χ4n) is 2.38. The molecule has 1 saturated heterocycles. The average molecular weight is 250 g/mol. The Morgan fingerprint density at radius 3 is 2.94 bits per heavy atom. The molecule has 1 aliphatic rings. The number of hydrogen-bond donors (Lipinski definition) is 1. The zero-order chi connectivity index (χ0) is 13.1. The lowest BCUT2D eigenvalue weighted by atomic mass is 10.1. The molecule has 1 aromatic rings. The highest BCUT2D eigenvalue weighted by Crippen LogP contribution is 2.19. The van der Waals surface area contributed by atoms with Crippen LogP contribution in [0.25, 0.3) is 0 Å². The fourth-order valence-corrected chi connectivity index (χ4v) is 2.38. The van der Waals surface area contributed by atoms with Crippen LogP contribution in [-0.4, -0.2) is 53.5 Å². The van der Waals surface area contributed by atoms with Crippen molar-refractivity contribution in [1.29, 1.82) is 0 Å². The van der Waals surface area contributed by atoms with E-state index in [0.717, 1.165) is 44.0 Å².